The Morgan fingerprint density at radius 3 is 2.23 bits per heavy atom. The summed E-state index contributed by atoms with van der Waals surface area (Å²) in [5, 5.41) is 10.5. The van der Waals surface area contributed by atoms with Crippen molar-refractivity contribution in [2.45, 2.75) is 19.3 Å². The summed E-state index contributed by atoms with van der Waals surface area (Å²) in [7, 11) is 0. The molecule has 0 fully saturated rings. The lowest BCUT2D eigenvalue weighted by molar-refractivity contribution is 0.539. The second-order valence-electron chi connectivity index (χ2n) is 7.70. The maximum atomic E-state index is 9.38. The largest absolute Gasteiger partial charge is 0.464 e. The van der Waals surface area contributed by atoms with Gasteiger partial charge in [0.15, 0.2) is 0 Å². The van der Waals surface area contributed by atoms with Gasteiger partial charge in [-0.1, -0.05) is 86.6 Å². The Morgan fingerprint density at radius 2 is 1.60 bits per heavy atom. The van der Waals surface area contributed by atoms with Crippen LogP contribution in [0.1, 0.15) is 30.5 Å². The minimum atomic E-state index is -0.0471. The predicted molar refractivity (Wildman–Crippen MR) is 125 cm³/mol. The van der Waals surface area contributed by atoms with Crippen molar-refractivity contribution in [1.82, 2.24) is 0 Å². The first-order valence-corrected chi connectivity index (χ1v) is 9.93. The van der Waals surface area contributed by atoms with E-state index in [0.717, 1.165) is 22.1 Å². The molecule has 0 spiro atoms. The number of rotatable bonds is 4. The SMILES string of the molecule is CC(C)(CN)c1ccc(/C(C#N)=C/c2ccccc2)cc1.c1ccc2occc2c1. The molecule has 2 N–H and O–H groups in total. The zero-order valence-corrected chi connectivity index (χ0v) is 17.4. The normalized spacial score (nSPS) is 11.5. The van der Waals surface area contributed by atoms with Crippen LogP contribution in [0.25, 0.3) is 22.6 Å². The van der Waals surface area contributed by atoms with Crippen LogP contribution in [0.2, 0.25) is 0 Å². The number of hydrogen-bond acceptors (Lipinski definition) is 3. The second-order valence-corrected chi connectivity index (χ2v) is 7.70. The molecule has 0 saturated heterocycles. The van der Waals surface area contributed by atoms with Crippen LogP contribution in [0.15, 0.2) is 95.6 Å². The number of allylic oxidation sites excluding steroid dienone is 1. The van der Waals surface area contributed by atoms with E-state index in [9.17, 15) is 5.26 Å². The van der Waals surface area contributed by atoms with Gasteiger partial charge in [-0.15, -0.1) is 0 Å². The third kappa shape index (κ3) is 5.26. The van der Waals surface area contributed by atoms with Gasteiger partial charge >= 0.3 is 0 Å². The summed E-state index contributed by atoms with van der Waals surface area (Å²) in [6.45, 7) is 4.83. The molecule has 4 rings (SSSR count). The van der Waals surface area contributed by atoms with Crippen molar-refractivity contribution < 1.29 is 4.42 Å². The highest BCUT2D eigenvalue weighted by molar-refractivity contribution is 5.89. The van der Waals surface area contributed by atoms with Crippen LogP contribution in [0.5, 0.6) is 0 Å². The fourth-order valence-electron chi connectivity index (χ4n) is 3.02. The lowest BCUT2D eigenvalue weighted by Gasteiger charge is -2.23. The van der Waals surface area contributed by atoms with Crippen molar-refractivity contribution >= 4 is 22.6 Å². The van der Waals surface area contributed by atoms with Crippen LogP contribution >= 0.6 is 0 Å². The fourth-order valence-corrected chi connectivity index (χ4v) is 3.02. The van der Waals surface area contributed by atoms with Crippen LogP contribution in [0, 0.1) is 11.3 Å². The predicted octanol–water partition coefficient (Wildman–Crippen LogP) is 6.42. The fraction of sp³-hybridized carbons (Fsp3) is 0.148. The topological polar surface area (TPSA) is 63.0 Å². The number of para-hydroxylation sites is 1. The van der Waals surface area contributed by atoms with E-state index in [1.807, 2.05) is 78.9 Å². The van der Waals surface area contributed by atoms with E-state index < -0.39 is 0 Å². The molecule has 0 aliphatic rings. The summed E-state index contributed by atoms with van der Waals surface area (Å²) in [5.41, 5.74) is 10.5. The minimum absolute atomic E-state index is 0.0471. The molecule has 0 saturated carbocycles. The lowest BCUT2D eigenvalue weighted by atomic mass is 9.84. The van der Waals surface area contributed by atoms with Crippen molar-refractivity contribution in [2.24, 2.45) is 5.73 Å². The molecule has 0 unspecified atom stereocenters. The molecule has 1 heterocycles. The molecule has 4 aromatic rings. The average molecular weight is 395 g/mol. The summed E-state index contributed by atoms with van der Waals surface area (Å²) < 4.78 is 5.12. The van der Waals surface area contributed by atoms with Crippen LogP contribution in [-0.4, -0.2) is 6.54 Å². The van der Waals surface area contributed by atoms with E-state index in [2.05, 4.69) is 32.0 Å². The number of nitriles is 1. The Labute approximate surface area is 178 Å². The molecular formula is C27H26N2O. The summed E-state index contributed by atoms with van der Waals surface area (Å²) in [5.74, 6) is 0. The van der Waals surface area contributed by atoms with Crippen molar-refractivity contribution in [3.63, 3.8) is 0 Å². The molecule has 0 radical (unpaired) electrons. The molecule has 0 atom stereocenters. The monoisotopic (exact) mass is 394 g/mol. The van der Waals surface area contributed by atoms with Gasteiger partial charge in [-0.2, -0.15) is 5.26 Å². The third-order valence-electron chi connectivity index (χ3n) is 5.08. The van der Waals surface area contributed by atoms with Crippen molar-refractivity contribution in [2.75, 3.05) is 6.54 Å². The van der Waals surface area contributed by atoms with Crippen LogP contribution in [0.3, 0.4) is 0 Å². The number of furan rings is 1. The third-order valence-corrected chi connectivity index (χ3v) is 5.08. The first-order valence-electron chi connectivity index (χ1n) is 9.93. The highest BCUT2D eigenvalue weighted by atomic mass is 16.3. The van der Waals surface area contributed by atoms with Gasteiger partial charge in [0.1, 0.15) is 5.58 Å². The summed E-state index contributed by atoms with van der Waals surface area (Å²) in [6.07, 6.45) is 3.60. The number of nitrogens with two attached hydrogens (primary N) is 1. The van der Waals surface area contributed by atoms with Crippen molar-refractivity contribution in [3.05, 3.63) is 108 Å². The number of nitrogens with zero attached hydrogens (tertiary/aromatic N) is 1. The van der Waals surface area contributed by atoms with Crippen molar-refractivity contribution in [3.8, 4) is 6.07 Å². The first-order chi connectivity index (χ1) is 14.5. The van der Waals surface area contributed by atoms with Gasteiger partial charge in [0.05, 0.1) is 17.9 Å². The number of benzene rings is 3. The molecule has 0 amide bonds. The average Bonchev–Trinajstić information content (AvgIpc) is 3.28. The molecule has 0 aliphatic heterocycles. The molecule has 1 aromatic heterocycles. The van der Waals surface area contributed by atoms with E-state index in [1.165, 1.54) is 5.56 Å². The van der Waals surface area contributed by atoms with Crippen LogP contribution in [-0.2, 0) is 5.41 Å². The minimum Gasteiger partial charge on any atom is -0.464 e. The van der Waals surface area contributed by atoms with E-state index in [-0.39, 0.29) is 5.41 Å². The Balaban J connectivity index is 0.000000234. The van der Waals surface area contributed by atoms with E-state index in [1.54, 1.807) is 6.26 Å². The van der Waals surface area contributed by atoms with Crippen molar-refractivity contribution in [1.29, 1.82) is 5.26 Å². The van der Waals surface area contributed by atoms with Gasteiger partial charge in [-0.05, 0) is 34.9 Å². The Bertz CT molecular complexity index is 1120. The van der Waals surface area contributed by atoms with Gasteiger partial charge in [-0.25, -0.2) is 0 Å². The first kappa shape index (κ1) is 21.1. The Kier molecular flexibility index (Phi) is 6.85. The lowest BCUT2D eigenvalue weighted by Crippen LogP contribution is -2.27. The number of hydrogen-bond donors (Lipinski definition) is 1. The molecular weight excluding hydrogens is 368 g/mol. The summed E-state index contributed by atoms with van der Waals surface area (Å²) in [4.78, 5) is 0. The zero-order chi connectivity index (χ0) is 21.4. The molecule has 150 valence electrons. The van der Waals surface area contributed by atoms with Gasteiger partial charge in [0, 0.05) is 17.3 Å². The second kappa shape index (κ2) is 9.73. The quantitative estimate of drug-likeness (QED) is 0.321. The maximum absolute atomic E-state index is 9.38. The van der Waals surface area contributed by atoms with Crippen LogP contribution < -0.4 is 5.73 Å². The summed E-state index contributed by atoms with van der Waals surface area (Å²) >= 11 is 0. The van der Waals surface area contributed by atoms with Gasteiger partial charge < -0.3 is 10.2 Å². The highest BCUT2D eigenvalue weighted by Crippen LogP contribution is 2.25. The maximum Gasteiger partial charge on any atom is 0.133 e. The molecule has 0 aliphatic carbocycles. The Morgan fingerprint density at radius 1 is 0.933 bits per heavy atom. The smallest absolute Gasteiger partial charge is 0.133 e. The van der Waals surface area contributed by atoms with Gasteiger partial charge in [-0.3, -0.25) is 0 Å². The summed E-state index contributed by atoms with van der Waals surface area (Å²) in [6, 6.07) is 30.1. The number of fused-ring (bicyclic) bond motifs is 1. The van der Waals surface area contributed by atoms with Gasteiger partial charge in [0.2, 0.25) is 0 Å². The standard InChI is InChI=1S/C19H20N2.C8H6O/c1-19(2,14-21)18-10-8-16(9-11-18)17(13-20)12-15-6-4-3-5-7-15;1-2-4-8-7(3-1)5-6-9-8/h3-12H,14,21H2,1-2H3;1-6H/b17-12+;. The molecule has 30 heavy (non-hydrogen) atoms. The van der Waals surface area contributed by atoms with Crippen LogP contribution in [0.4, 0.5) is 0 Å². The van der Waals surface area contributed by atoms with E-state index in [0.29, 0.717) is 12.1 Å². The zero-order valence-electron chi connectivity index (χ0n) is 17.4. The Hall–Kier alpha value is -3.61. The molecule has 0 bridgehead atoms. The molecule has 3 aromatic carbocycles. The molecule has 3 heteroatoms. The molecule has 3 nitrogen and oxygen atoms in total. The van der Waals surface area contributed by atoms with Gasteiger partial charge in [0.25, 0.3) is 0 Å². The van der Waals surface area contributed by atoms with E-state index in [4.69, 9.17) is 10.2 Å². The highest BCUT2D eigenvalue weighted by Gasteiger charge is 2.18. The van der Waals surface area contributed by atoms with E-state index >= 15 is 0 Å².